The molecule has 1 atom stereocenters. The number of hydrogen-bond acceptors (Lipinski definition) is 3. The molecule has 0 radical (unpaired) electrons. The van der Waals surface area contributed by atoms with Gasteiger partial charge in [0.25, 0.3) is 0 Å². The largest absolute Gasteiger partial charge is 0.376 e. The molecule has 0 saturated heterocycles. The number of pyridine rings is 1. The Hall–Kier alpha value is -6.39. The van der Waals surface area contributed by atoms with Crippen molar-refractivity contribution in [2.45, 2.75) is 12.5 Å². The van der Waals surface area contributed by atoms with Crippen molar-refractivity contribution in [1.29, 1.82) is 0 Å². The molecular weight excluding hydrogens is 621 g/mol. The van der Waals surface area contributed by atoms with Crippen LogP contribution in [-0.4, -0.2) is 28.0 Å². The van der Waals surface area contributed by atoms with Crippen molar-refractivity contribution in [1.82, 2.24) is 14.5 Å². The Bertz CT molecular complexity index is 2610. The Balaban J connectivity index is 1.30. The smallest absolute Gasteiger partial charge is 0.0781 e. The molecule has 2 aliphatic heterocycles. The number of hydrogen-bond donors (Lipinski definition) is 0. The highest BCUT2D eigenvalue weighted by molar-refractivity contribution is 6.09. The van der Waals surface area contributed by atoms with E-state index in [0.717, 1.165) is 40.9 Å². The third-order valence-electron chi connectivity index (χ3n) is 10.6. The van der Waals surface area contributed by atoms with Crippen molar-refractivity contribution < 1.29 is 0 Å². The van der Waals surface area contributed by atoms with E-state index in [4.69, 9.17) is 4.98 Å². The van der Waals surface area contributed by atoms with E-state index in [1.54, 1.807) is 0 Å². The van der Waals surface area contributed by atoms with E-state index in [9.17, 15) is 0 Å². The monoisotopic (exact) mass is 656 g/mol. The SMILES string of the molecule is CN1C=CC2=C(C1)c1c(c3ccccc3n1C1C=CC=CC1)-c1ccccc1N2c1cc(-c2ccccc2)cc(-c2nccc3ccccc23)c1. The van der Waals surface area contributed by atoms with E-state index < -0.39 is 0 Å². The molecule has 0 amide bonds. The number of rotatable bonds is 4. The molecule has 0 N–H and O–H groups in total. The Morgan fingerprint density at radius 1 is 0.706 bits per heavy atom. The second kappa shape index (κ2) is 11.9. The van der Waals surface area contributed by atoms with Gasteiger partial charge in [0.15, 0.2) is 0 Å². The zero-order chi connectivity index (χ0) is 33.9. The quantitative estimate of drug-likeness (QED) is 0.188. The summed E-state index contributed by atoms with van der Waals surface area (Å²) < 4.78 is 2.61. The van der Waals surface area contributed by atoms with E-state index in [2.05, 4.69) is 185 Å². The van der Waals surface area contributed by atoms with Crippen molar-refractivity contribution in [3.63, 3.8) is 0 Å². The molecule has 0 bridgehead atoms. The lowest BCUT2D eigenvalue weighted by molar-refractivity contribution is 0.506. The predicted molar refractivity (Wildman–Crippen MR) is 213 cm³/mol. The van der Waals surface area contributed by atoms with Gasteiger partial charge in [-0.3, -0.25) is 4.98 Å². The highest BCUT2D eigenvalue weighted by atomic mass is 15.2. The van der Waals surface area contributed by atoms with Crippen molar-refractivity contribution >= 4 is 38.6 Å². The van der Waals surface area contributed by atoms with Crippen LogP contribution in [0.5, 0.6) is 0 Å². The topological polar surface area (TPSA) is 24.3 Å². The summed E-state index contributed by atoms with van der Waals surface area (Å²) in [6.07, 6.45) is 16.5. The van der Waals surface area contributed by atoms with Crippen LogP contribution in [0.25, 0.3) is 60.8 Å². The van der Waals surface area contributed by atoms with Gasteiger partial charge in [0, 0.05) is 70.2 Å². The highest BCUT2D eigenvalue weighted by Gasteiger charge is 2.34. The molecule has 10 rings (SSSR count). The maximum absolute atomic E-state index is 5.01. The van der Waals surface area contributed by atoms with Crippen LogP contribution in [0.2, 0.25) is 0 Å². The molecule has 2 aromatic heterocycles. The Morgan fingerprint density at radius 2 is 1.49 bits per heavy atom. The lowest BCUT2D eigenvalue weighted by Gasteiger charge is -2.33. The standard InChI is InChI=1S/C47H36N4/c1-49-27-25-44-41(31-49)47-45(40-21-11-13-23-43(40)51(47)36-17-6-3-7-18-36)39-20-10-12-22-42(39)50(44)37-29-34(32-14-4-2-5-15-32)28-35(30-37)46-38-19-9-8-16-33(38)24-26-48-46/h2-17,19-30,36H,18,31H2,1H3. The van der Waals surface area contributed by atoms with Gasteiger partial charge in [-0.1, -0.05) is 115 Å². The first kappa shape index (κ1) is 29.5. The maximum Gasteiger partial charge on any atom is 0.0781 e. The van der Waals surface area contributed by atoms with E-state index in [1.807, 2.05) is 6.20 Å². The van der Waals surface area contributed by atoms with Crippen molar-refractivity contribution in [3.8, 4) is 33.5 Å². The van der Waals surface area contributed by atoms with Gasteiger partial charge in [0.1, 0.15) is 0 Å². The van der Waals surface area contributed by atoms with Gasteiger partial charge >= 0.3 is 0 Å². The number of likely N-dealkylation sites (N-methyl/N-ethyl adjacent to an activating group) is 1. The molecule has 5 aromatic carbocycles. The van der Waals surface area contributed by atoms with Crippen LogP contribution in [0.3, 0.4) is 0 Å². The normalized spacial score (nSPS) is 16.4. The Morgan fingerprint density at radius 3 is 2.37 bits per heavy atom. The molecule has 3 aliphatic rings. The average molecular weight is 657 g/mol. The lowest BCUT2D eigenvalue weighted by atomic mass is 9.96. The number of benzene rings is 5. The summed E-state index contributed by atoms with van der Waals surface area (Å²) in [5, 5.41) is 3.62. The van der Waals surface area contributed by atoms with Gasteiger partial charge in [-0.25, -0.2) is 0 Å². The first-order valence-corrected chi connectivity index (χ1v) is 17.8. The summed E-state index contributed by atoms with van der Waals surface area (Å²) in [5.74, 6) is 0. The summed E-state index contributed by atoms with van der Waals surface area (Å²) in [5.41, 5.74) is 14.3. The average Bonchev–Trinajstić information content (AvgIpc) is 3.48. The minimum atomic E-state index is 0.220. The molecule has 244 valence electrons. The van der Waals surface area contributed by atoms with Gasteiger partial charge in [-0.15, -0.1) is 0 Å². The van der Waals surface area contributed by atoms with Crippen LogP contribution in [0.15, 0.2) is 176 Å². The van der Waals surface area contributed by atoms with Crippen LogP contribution in [0.4, 0.5) is 11.4 Å². The van der Waals surface area contributed by atoms with Crippen molar-refractivity contribution in [2.24, 2.45) is 0 Å². The molecule has 7 aromatic rings. The van der Waals surface area contributed by atoms with Crippen LogP contribution in [0, 0.1) is 0 Å². The summed E-state index contributed by atoms with van der Waals surface area (Å²) in [6.45, 7) is 0.794. The van der Waals surface area contributed by atoms with E-state index in [1.165, 1.54) is 55.6 Å². The molecule has 1 unspecified atom stereocenters. The zero-order valence-corrected chi connectivity index (χ0v) is 28.4. The van der Waals surface area contributed by atoms with E-state index in [0.29, 0.717) is 0 Å². The summed E-state index contributed by atoms with van der Waals surface area (Å²) >= 11 is 0. The molecule has 4 heteroatoms. The minimum Gasteiger partial charge on any atom is -0.376 e. The molecular formula is C47H36N4. The van der Waals surface area contributed by atoms with E-state index >= 15 is 0 Å². The number of nitrogens with zero attached hydrogens (tertiary/aromatic N) is 4. The molecule has 0 saturated carbocycles. The first-order valence-electron chi connectivity index (χ1n) is 17.8. The molecule has 0 spiro atoms. The van der Waals surface area contributed by atoms with Crippen LogP contribution >= 0.6 is 0 Å². The second-order valence-electron chi connectivity index (χ2n) is 13.7. The molecule has 51 heavy (non-hydrogen) atoms. The third-order valence-corrected chi connectivity index (χ3v) is 10.6. The number of allylic oxidation sites excluding steroid dienone is 5. The third kappa shape index (κ3) is 4.79. The number of para-hydroxylation sites is 2. The van der Waals surface area contributed by atoms with Crippen molar-refractivity contribution in [2.75, 3.05) is 18.5 Å². The predicted octanol–water partition coefficient (Wildman–Crippen LogP) is 11.6. The summed E-state index contributed by atoms with van der Waals surface area (Å²) in [6, 6.07) is 46.5. The fourth-order valence-electron chi connectivity index (χ4n) is 8.34. The summed E-state index contributed by atoms with van der Waals surface area (Å²) in [4.78, 5) is 9.82. The Labute approximate surface area is 298 Å². The van der Waals surface area contributed by atoms with Gasteiger partial charge in [0.05, 0.1) is 28.8 Å². The fourth-order valence-corrected chi connectivity index (χ4v) is 8.34. The lowest BCUT2D eigenvalue weighted by Crippen LogP contribution is -2.26. The highest BCUT2D eigenvalue weighted by Crippen LogP contribution is 2.52. The van der Waals surface area contributed by atoms with E-state index in [-0.39, 0.29) is 6.04 Å². The first-order chi connectivity index (χ1) is 25.2. The van der Waals surface area contributed by atoms with Crippen LogP contribution in [-0.2, 0) is 0 Å². The van der Waals surface area contributed by atoms with Gasteiger partial charge in [0.2, 0.25) is 0 Å². The second-order valence-corrected chi connectivity index (χ2v) is 13.7. The minimum absolute atomic E-state index is 0.220. The molecule has 4 heterocycles. The Kier molecular flexibility index (Phi) is 6.88. The molecule has 1 aliphatic carbocycles. The number of fused-ring (bicyclic) bond motifs is 7. The van der Waals surface area contributed by atoms with Gasteiger partial charge in [-0.2, -0.15) is 0 Å². The van der Waals surface area contributed by atoms with Crippen LogP contribution in [0.1, 0.15) is 18.2 Å². The number of aromatic nitrogens is 2. The molecule has 4 nitrogen and oxygen atoms in total. The fraction of sp³-hybridized carbons (Fsp3) is 0.0851. The zero-order valence-electron chi connectivity index (χ0n) is 28.4. The molecule has 0 fully saturated rings. The van der Waals surface area contributed by atoms with Gasteiger partial charge < -0.3 is 14.4 Å². The number of anilines is 2. The summed E-state index contributed by atoms with van der Waals surface area (Å²) in [7, 11) is 2.18. The van der Waals surface area contributed by atoms with Crippen LogP contribution < -0.4 is 4.90 Å². The maximum atomic E-state index is 5.01. The van der Waals surface area contributed by atoms with Crippen molar-refractivity contribution in [3.05, 3.63) is 182 Å². The van der Waals surface area contributed by atoms with Gasteiger partial charge in [-0.05, 0) is 65.4 Å².